The largest absolute Gasteiger partial charge is 0.491 e. The van der Waals surface area contributed by atoms with Gasteiger partial charge in [-0.1, -0.05) is 13.3 Å². The van der Waals surface area contributed by atoms with E-state index in [0.29, 0.717) is 17.9 Å². The maximum absolute atomic E-state index is 11.7. The number of aliphatic hydroxyl groups excluding tert-OH is 1. The Morgan fingerprint density at radius 2 is 2.28 bits per heavy atom. The van der Waals surface area contributed by atoms with Gasteiger partial charge in [-0.05, 0) is 24.1 Å². The molecule has 25 heavy (non-hydrogen) atoms. The first kappa shape index (κ1) is 17.4. The summed E-state index contributed by atoms with van der Waals surface area (Å²) in [5.41, 5.74) is 1.12. The molecule has 0 amide bonds. The highest BCUT2D eigenvalue weighted by Crippen LogP contribution is 2.23. The number of nitrogens with zero attached hydrogens (tertiary/aromatic N) is 1. The van der Waals surface area contributed by atoms with Gasteiger partial charge in [0.1, 0.15) is 24.0 Å². The second-order valence-corrected chi connectivity index (χ2v) is 6.58. The number of hydrogen-bond acceptors (Lipinski definition) is 7. The quantitative estimate of drug-likeness (QED) is 0.601. The lowest BCUT2D eigenvalue weighted by Gasteiger charge is -2.13. The number of nitrogens with one attached hydrogen (secondary N) is 1. The second-order valence-electron chi connectivity index (χ2n) is 5.68. The average molecular weight is 360 g/mol. The smallest absolute Gasteiger partial charge is 0.336 e. The van der Waals surface area contributed by atoms with E-state index in [4.69, 9.17) is 9.15 Å². The molecule has 0 saturated carbocycles. The van der Waals surface area contributed by atoms with E-state index in [2.05, 4.69) is 17.2 Å². The molecule has 7 heteroatoms. The predicted molar refractivity (Wildman–Crippen MR) is 98.6 cm³/mol. The number of thiazole rings is 1. The Hall–Kier alpha value is -2.38. The summed E-state index contributed by atoms with van der Waals surface area (Å²) in [6.07, 6.45) is 2.79. The van der Waals surface area contributed by atoms with Crippen molar-refractivity contribution in [3.8, 4) is 5.75 Å². The minimum Gasteiger partial charge on any atom is -0.491 e. The summed E-state index contributed by atoms with van der Waals surface area (Å²) in [6, 6.07) is 6.94. The fourth-order valence-corrected chi connectivity index (χ4v) is 3.08. The van der Waals surface area contributed by atoms with Crippen molar-refractivity contribution >= 4 is 27.4 Å². The van der Waals surface area contributed by atoms with Crippen molar-refractivity contribution in [2.75, 3.05) is 18.5 Å². The van der Waals surface area contributed by atoms with Gasteiger partial charge in [-0.25, -0.2) is 9.78 Å². The van der Waals surface area contributed by atoms with Crippen LogP contribution in [0.3, 0.4) is 0 Å². The molecule has 1 atom stereocenters. The van der Waals surface area contributed by atoms with Crippen molar-refractivity contribution in [3.63, 3.8) is 0 Å². The molecule has 0 fully saturated rings. The zero-order chi connectivity index (χ0) is 17.6. The molecule has 0 aliphatic heterocycles. The summed E-state index contributed by atoms with van der Waals surface area (Å²) in [6.45, 7) is 2.54. The third-order valence-electron chi connectivity index (χ3n) is 3.68. The third-order valence-corrected chi connectivity index (χ3v) is 4.42. The monoisotopic (exact) mass is 360 g/mol. The van der Waals surface area contributed by atoms with Gasteiger partial charge in [-0.15, -0.1) is 11.3 Å². The van der Waals surface area contributed by atoms with Crippen molar-refractivity contribution in [1.82, 2.24) is 4.98 Å². The van der Waals surface area contributed by atoms with Gasteiger partial charge < -0.3 is 19.6 Å². The van der Waals surface area contributed by atoms with E-state index in [1.807, 2.05) is 17.5 Å². The molecule has 2 N–H and O–H groups in total. The van der Waals surface area contributed by atoms with Crippen LogP contribution < -0.4 is 15.7 Å². The molecule has 0 saturated heterocycles. The van der Waals surface area contributed by atoms with Gasteiger partial charge in [0.2, 0.25) is 0 Å². The standard InChI is InChI=1S/C18H20N2O4S/c1-2-3-12-8-17(22)24-16-9-14(4-5-15(12)16)23-11-13(21)10-20-18-19-6-7-25-18/h4-9,13,21H,2-3,10-11H2,1H3,(H,19,20)/t13-/m0/s1. The molecule has 132 valence electrons. The van der Waals surface area contributed by atoms with Crippen LogP contribution in [0.4, 0.5) is 5.13 Å². The van der Waals surface area contributed by atoms with Crippen molar-refractivity contribution in [3.05, 3.63) is 51.8 Å². The number of aromatic nitrogens is 1. The Morgan fingerprint density at radius 1 is 1.40 bits per heavy atom. The minimum absolute atomic E-state index is 0.128. The molecule has 0 unspecified atom stereocenters. The molecule has 3 rings (SSSR count). The fourth-order valence-electron chi connectivity index (χ4n) is 2.54. The van der Waals surface area contributed by atoms with Crippen LogP contribution in [0.1, 0.15) is 18.9 Å². The number of benzene rings is 1. The highest BCUT2D eigenvalue weighted by Gasteiger charge is 2.09. The predicted octanol–water partition coefficient (Wildman–Crippen LogP) is 3.05. The highest BCUT2D eigenvalue weighted by molar-refractivity contribution is 7.13. The molecule has 0 spiro atoms. The van der Waals surface area contributed by atoms with Gasteiger partial charge in [0, 0.05) is 35.6 Å². The van der Waals surface area contributed by atoms with Gasteiger partial charge in [0.25, 0.3) is 0 Å². The fraction of sp³-hybridized carbons (Fsp3) is 0.333. The molecule has 0 aliphatic rings. The van der Waals surface area contributed by atoms with Gasteiger partial charge in [0.05, 0.1) is 0 Å². The Bertz CT molecular complexity index is 876. The van der Waals surface area contributed by atoms with Crippen LogP contribution >= 0.6 is 11.3 Å². The number of ether oxygens (including phenoxy) is 1. The Labute approximate surface area is 149 Å². The lowest BCUT2D eigenvalue weighted by atomic mass is 10.1. The average Bonchev–Trinajstić information content (AvgIpc) is 3.11. The van der Waals surface area contributed by atoms with E-state index in [1.54, 1.807) is 18.3 Å². The Balaban J connectivity index is 1.64. The van der Waals surface area contributed by atoms with E-state index >= 15 is 0 Å². The molecule has 2 aromatic heterocycles. The zero-order valence-corrected chi connectivity index (χ0v) is 14.7. The Kier molecular flexibility index (Phi) is 5.67. The van der Waals surface area contributed by atoms with Crippen LogP contribution in [0.2, 0.25) is 0 Å². The van der Waals surface area contributed by atoms with Crippen LogP contribution in [0, 0.1) is 0 Å². The number of aryl methyl sites for hydroxylation is 1. The van der Waals surface area contributed by atoms with Crippen LogP contribution in [-0.2, 0) is 6.42 Å². The first-order chi connectivity index (χ1) is 12.2. The number of hydrogen-bond donors (Lipinski definition) is 2. The zero-order valence-electron chi connectivity index (χ0n) is 13.9. The number of fused-ring (bicyclic) bond motifs is 1. The van der Waals surface area contributed by atoms with Crippen LogP contribution in [-0.4, -0.2) is 29.3 Å². The topological polar surface area (TPSA) is 84.6 Å². The molecule has 0 bridgehead atoms. The summed E-state index contributed by atoms with van der Waals surface area (Å²) >= 11 is 1.47. The van der Waals surface area contributed by atoms with E-state index in [9.17, 15) is 9.90 Å². The summed E-state index contributed by atoms with van der Waals surface area (Å²) in [5.74, 6) is 0.553. The second kappa shape index (κ2) is 8.13. The summed E-state index contributed by atoms with van der Waals surface area (Å²) in [5, 5.41) is 16.6. The van der Waals surface area contributed by atoms with Crippen molar-refractivity contribution < 1.29 is 14.3 Å². The third kappa shape index (κ3) is 4.58. The molecule has 2 heterocycles. The van der Waals surface area contributed by atoms with Gasteiger partial charge in [-0.2, -0.15) is 0 Å². The molecule has 1 aromatic carbocycles. The minimum atomic E-state index is -0.682. The van der Waals surface area contributed by atoms with Crippen LogP contribution in [0.25, 0.3) is 11.0 Å². The van der Waals surface area contributed by atoms with E-state index in [-0.39, 0.29) is 12.2 Å². The lowest BCUT2D eigenvalue weighted by Crippen LogP contribution is -2.26. The van der Waals surface area contributed by atoms with Gasteiger partial charge in [0.15, 0.2) is 5.13 Å². The first-order valence-corrected chi connectivity index (χ1v) is 9.04. The molecule has 3 aromatic rings. The maximum atomic E-state index is 11.7. The van der Waals surface area contributed by atoms with Crippen LogP contribution in [0.5, 0.6) is 5.75 Å². The van der Waals surface area contributed by atoms with Crippen molar-refractivity contribution in [2.24, 2.45) is 0 Å². The van der Waals surface area contributed by atoms with Gasteiger partial charge >= 0.3 is 5.63 Å². The normalized spacial score (nSPS) is 12.2. The molecular weight excluding hydrogens is 340 g/mol. The molecule has 0 radical (unpaired) electrons. The summed E-state index contributed by atoms with van der Waals surface area (Å²) < 4.78 is 10.9. The number of anilines is 1. The van der Waals surface area contributed by atoms with E-state index in [0.717, 1.165) is 28.9 Å². The van der Waals surface area contributed by atoms with Crippen LogP contribution in [0.15, 0.2) is 45.1 Å². The molecule has 0 aliphatic carbocycles. The lowest BCUT2D eigenvalue weighted by molar-refractivity contribution is 0.117. The first-order valence-electron chi connectivity index (χ1n) is 8.16. The molecule has 6 nitrogen and oxygen atoms in total. The van der Waals surface area contributed by atoms with E-state index < -0.39 is 6.10 Å². The van der Waals surface area contributed by atoms with E-state index in [1.165, 1.54) is 11.3 Å². The Morgan fingerprint density at radius 3 is 3.04 bits per heavy atom. The summed E-state index contributed by atoms with van der Waals surface area (Å²) in [7, 11) is 0. The molecular formula is C18H20N2O4S. The van der Waals surface area contributed by atoms with Gasteiger partial charge in [-0.3, -0.25) is 0 Å². The maximum Gasteiger partial charge on any atom is 0.336 e. The van der Waals surface area contributed by atoms with Crippen molar-refractivity contribution in [2.45, 2.75) is 25.9 Å². The summed E-state index contributed by atoms with van der Waals surface area (Å²) in [4.78, 5) is 15.8. The SMILES string of the molecule is CCCc1cc(=O)oc2cc(OC[C@@H](O)CNc3nccs3)ccc12. The number of rotatable bonds is 8. The highest BCUT2D eigenvalue weighted by atomic mass is 32.1. The van der Waals surface area contributed by atoms with Crippen molar-refractivity contribution in [1.29, 1.82) is 0 Å². The number of aliphatic hydroxyl groups is 1.